The molecule has 3 saturated heterocycles. The third kappa shape index (κ3) is 4.77. The molecule has 0 bridgehead atoms. The van der Waals surface area contributed by atoms with Gasteiger partial charge < -0.3 is 24.4 Å². The Hall–Kier alpha value is -2.49. The summed E-state index contributed by atoms with van der Waals surface area (Å²) in [7, 11) is 0. The fraction of sp³-hybridized carbons (Fsp3) is 0.679. The zero-order valence-electron chi connectivity index (χ0n) is 21.9. The lowest BCUT2D eigenvalue weighted by Crippen LogP contribution is -2.58. The van der Waals surface area contributed by atoms with Crippen LogP contribution in [0.25, 0.3) is 0 Å². The van der Waals surface area contributed by atoms with Crippen LogP contribution in [0.4, 0.5) is 0 Å². The summed E-state index contributed by atoms with van der Waals surface area (Å²) < 4.78 is 17.8. The van der Waals surface area contributed by atoms with Crippen molar-refractivity contribution in [1.82, 2.24) is 15.1 Å². The van der Waals surface area contributed by atoms with Crippen LogP contribution in [0.2, 0.25) is 0 Å². The standard InChI is InChI=1S/C28H38N4O5/c1-27(14-35-15-27)12-31(13-28(2)16-36-17-28)21-4-3-5-23(21)37-19-6-7-20-18(10-19)11-32(26(20)34)22-8-9-24(29)30-25(22)33/h6-7,10,21-23H,3-5,8-9,11-17H2,1-2H3,(H2,29,30,33)/t21-,22?,23-/m1/s1. The number of nitrogens with zero attached hydrogens (tertiary/aromatic N) is 2. The quantitative estimate of drug-likeness (QED) is 0.557. The lowest BCUT2D eigenvalue weighted by atomic mass is 9.83. The van der Waals surface area contributed by atoms with Gasteiger partial charge in [-0.3, -0.25) is 19.9 Å². The predicted octanol–water partition coefficient (Wildman–Crippen LogP) is 2.57. The van der Waals surface area contributed by atoms with E-state index in [-0.39, 0.29) is 34.6 Å². The average Bonchev–Trinajstić information content (AvgIpc) is 3.41. The van der Waals surface area contributed by atoms with E-state index in [0.29, 0.717) is 31.0 Å². The van der Waals surface area contributed by atoms with Gasteiger partial charge in [-0.05, 0) is 49.4 Å². The predicted molar refractivity (Wildman–Crippen MR) is 137 cm³/mol. The van der Waals surface area contributed by atoms with Crippen LogP contribution in [-0.4, -0.2) is 85.2 Å². The second kappa shape index (κ2) is 9.36. The van der Waals surface area contributed by atoms with E-state index in [4.69, 9.17) is 19.6 Å². The lowest BCUT2D eigenvalue weighted by molar-refractivity contribution is -0.151. The molecule has 9 nitrogen and oxygen atoms in total. The molecule has 1 aromatic rings. The zero-order valence-corrected chi connectivity index (χ0v) is 21.9. The number of amidine groups is 1. The van der Waals surface area contributed by atoms with E-state index in [1.807, 2.05) is 18.2 Å². The second-order valence-corrected chi connectivity index (χ2v) is 12.4. The maximum atomic E-state index is 13.1. The van der Waals surface area contributed by atoms with E-state index >= 15 is 0 Å². The molecule has 3 atom stereocenters. The van der Waals surface area contributed by atoms with E-state index < -0.39 is 6.04 Å². The molecule has 4 aliphatic heterocycles. The Morgan fingerprint density at radius 1 is 1.08 bits per heavy atom. The summed E-state index contributed by atoms with van der Waals surface area (Å²) in [5.41, 5.74) is 1.92. The molecule has 0 aromatic heterocycles. The smallest absolute Gasteiger partial charge is 0.255 e. The largest absolute Gasteiger partial charge is 0.489 e. The highest BCUT2D eigenvalue weighted by Crippen LogP contribution is 2.38. The summed E-state index contributed by atoms with van der Waals surface area (Å²) >= 11 is 0. The third-order valence-electron chi connectivity index (χ3n) is 8.68. The maximum Gasteiger partial charge on any atom is 0.255 e. The zero-order chi connectivity index (χ0) is 25.8. The summed E-state index contributed by atoms with van der Waals surface area (Å²) in [5, 5.41) is 10.3. The number of piperidine rings is 1. The number of ether oxygens (including phenoxy) is 3. The van der Waals surface area contributed by atoms with Crippen molar-refractivity contribution in [3.8, 4) is 5.75 Å². The third-order valence-corrected chi connectivity index (χ3v) is 8.68. The van der Waals surface area contributed by atoms with Gasteiger partial charge >= 0.3 is 0 Å². The van der Waals surface area contributed by atoms with Crippen molar-refractivity contribution in [2.75, 3.05) is 39.5 Å². The van der Waals surface area contributed by atoms with Crippen LogP contribution in [0.1, 0.15) is 61.9 Å². The molecule has 1 saturated carbocycles. The molecule has 2 N–H and O–H groups in total. The minimum absolute atomic E-state index is 0.0931. The monoisotopic (exact) mass is 510 g/mol. The Morgan fingerprint density at radius 3 is 2.41 bits per heavy atom. The summed E-state index contributed by atoms with van der Waals surface area (Å²) in [4.78, 5) is 29.8. The van der Waals surface area contributed by atoms with Crippen LogP contribution in [0, 0.1) is 16.2 Å². The number of hydrogen-bond donors (Lipinski definition) is 2. The molecule has 4 fully saturated rings. The molecule has 1 unspecified atom stereocenters. The fourth-order valence-corrected chi connectivity index (χ4v) is 6.64. The number of amides is 2. The van der Waals surface area contributed by atoms with E-state index in [9.17, 15) is 9.59 Å². The number of carbonyl (C=O) groups is 2. The van der Waals surface area contributed by atoms with Crippen molar-refractivity contribution in [3.05, 3.63) is 29.3 Å². The summed E-state index contributed by atoms with van der Waals surface area (Å²) in [6, 6.07) is 5.54. The molecule has 2 amide bonds. The molecule has 0 radical (unpaired) electrons. The summed E-state index contributed by atoms with van der Waals surface area (Å²) in [6.07, 6.45) is 4.31. The first-order valence-electron chi connectivity index (χ1n) is 13.6. The van der Waals surface area contributed by atoms with Gasteiger partial charge in [-0.25, -0.2) is 0 Å². The number of hydrogen-bond acceptors (Lipinski definition) is 7. The van der Waals surface area contributed by atoms with E-state index in [1.165, 1.54) is 0 Å². The average molecular weight is 511 g/mol. The van der Waals surface area contributed by atoms with Crippen LogP contribution in [0.5, 0.6) is 5.75 Å². The van der Waals surface area contributed by atoms with Gasteiger partial charge in [0.25, 0.3) is 5.91 Å². The maximum absolute atomic E-state index is 13.1. The van der Waals surface area contributed by atoms with Gasteiger partial charge in [-0.2, -0.15) is 0 Å². The Labute approximate surface area is 218 Å². The molecule has 1 aliphatic carbocycles. The van der Waals surface area contributed by atoms with E-state index in [2.05, 4.69) is 24.1 Å². The highest BCUT2D eigenvalue weighted by molar-refractivity contribution is 6.06. The van der Waals surface area contributed by atoms with Crippen molar-refractivity contribution < 1.29 is 23.8 Å². The Balaban J connectivity index is 1.16. The molecule has 200 valence electrons. The molecule has 1 aromatic carbocycles. The van der Waals surface area contributed by atoms with Crippen molar-refractivity contribution in [2.24, 2.45) is 10.8 Å². The minimum atomic E-state index is -0.528. The highest BCUT2D eigenvalue weighted by Gasteiger charge is 2.45. The summed E-state index contributed by atoms with van der Waals surface area (Å²) in [6.45, 7) is 10.3. The molecule has 37 heavy (non-hydrogen) atoms. The van der Waals surface area contributed by atoms with Gasteiger partial charge in [0.1, 0.15) is 17.9 Å². The molecular weight excluding hydrogens is 472 g/mol. The molecule has 5 aliphatic rings. The first kappa shape index (κ1) is 24.8. The normalized spacial score (nSPS) is 30.1. The Morgan fingerprint density at radius 2 is 1.78 bits per heavy atom. The number of benzene rings is 1. The van der Waals surface area contributed by atoms with Gasteiger partial charge in [0.15, 0.2) is 0 Å². The summed E-state index contributed by atoms with van der Waals surface area (Å²) in [5.74, 6) is 0.626. The Kier molecular flexibility index (Phi) is 6.28. The van der Waals surface area contributed by atoms with Crippen molar-refractivity contribution in [3.63, 3.8) is 0 Å². The van der Waals surface area contributed by atoms with E-state index in [0.717, 1.165) is 70.1 Å². The number of rotatable bonds is 8. The molecular formula is C28H38N4O5. The van der Waals surface area contributed by atoms with Crippen molar-refractivity contribution >= 4 is 17.6 Å². The SMILES string of the molecule is CC1(CN(CC2(C)COC2)[C@@H]2CCC[C@H]2Oc2ccc3c(c2)CN(C2CCC(=N)NC2=O)C3=O)COC1. The minimum Gasteiger partial charge on any atom is -0.489 e. The Bertz CT molecular complexity index is 1080. The van der Waals surface area contributed by atoms with Gasteiger partial charge in [-0.1, -0.05) is 13.8 Å². The van der Waals surface area contributed by atoms with Crippen molar-refractivity contribution in [1.29, 1.82) is 5.41 Å². The van der Waals surface area contributed by atoms with Crippen LogP contribution >= 0.6 is 0 Å². The molecule has 9 heteroatoms. The van der Waals surface area contributed by atoms with Crippen LogP contribution in [0.3, 0.4) is 0 Å². The molecule has 0 spiro atoms. The van der Waals surface area contributed by atoms with Crippen LogP contribution < -0.4 is 10.1 Å². The highest BCUT2D eigenvalue weighted by atomic mass is 16.5. The number of fused-ring (bicyclic) bond motifs is 1. The van der Waals surface area contributed by atoms with Gasteiger partial charge in [0.05, 0.1) is 32.3 Å². The number of nitrogens with one attached hydrogen (secondary N) is 2. The van der Waals surface area contributed by atoms with Crippen LogP contribution in [0.15, 0.2) is 18.2 Å². The van der Waals surface area contributed by atoms with Gasteiger partial charge in [0.2, 0.25) is 5.91 Å². The topological polar surface area (TPSA) is 104 Å². The molecule has 4 heterocycles. The lowest BCUT2D eigenvalue weighted by Gasteiger charge is -2.49. The van der Waals surface area contributed by atoms with Gasteiger partial charge in [-0.15, -0.1) is 0 Å². The van der Waals surface area contributed by atoms with Gasteiger partial charge in [0, 0.05) is 48.5 Å². The van der Waals surface area contributed by atoms with Crippen molar-refractivity contribution in [2.45, 2.75) is 70.7 Å². The second-order valence-electron chi connectivity index (χ2n) is 12.4. The number of carbonyl (C=O) groups excluding carboxylic acids is 2. The fourth-order valence-electron chi connectivity index (χ4n) is 6.64. The van der Waals surface area contributed by atoms with E-state index in [1.54, 1.807) is 4.90 Å². The first-order chi connectivity index (χ1) is 17.7. The van der Waals surface area contributed by atoms with Crippen LogP contribution in [-0.2, 0) is 20.8 Å². The first-order valence-corrected chi connectivity index (χ1v) is 13.6. The molecule has 6 rings (SSSR count).